The number of hydrogen-bond donors (Lipinski definition) is 1. The van der Waals surface area contributed by atoms with Crippen LogP contribution in [-0.2, 0) is 0 Å². The highest BCUT2D eigenvalue weighted by Gasteiger charge is 2.31. The molecule has 1 saturated carbocycles. The van der Waals surface area contributed by atoms with Crippen LogP contribution >= 0.6 is 0 Å². The fraction of sp³-hybridized carbons (Fsp3) is 0.722. The zero-order valence-electron chi connectivity index (χ0n) is 14.2. The average Bonchev–Trinajstić information content (AvgIpc) is 2.48. The van der Waals surface area contributed by atoms with Crippen LogP contribution in [0.2, 0.25) is 0 Å². The molecule has 0 spiro atoms. The molecule has 0 radical (unpaired) electrons. The van der Waals surface area contributed by atoms with E-state index >= 15 is 0 Å². The van der Waals surface area contributed by atoms with Crippen molar-refractivity contribution < 1.29 is 4.74 Å². The summed E-state index contributed by atoms with van der Waals surface area (Å²) in [5.41, 5.74) is 2.52. The third-order valence-corrected chi connectivity index (χ3v) is 5.39. The van der Waals surface area contributed by atoms with Crippen LogP contribution in [0.4, 0.5) is 5.69 Å². The standard InChI is InChI=1S/C18H30N2O/c1-6-18(3,4)14-7-9-15(10-8-14)20-16-11-12-19-13(2)17(16)21-5/h11-12,14-15H,6-10H2,1-5H3,(H,19,20). The predicted molar refractivity (Wildman–Crippen MR) is 89.0 cm³/mol. The molecule has 1 aliphatic rings. The molecule has 2 rings (SSSR count). The number of methoxy groups -OCH3 is 1. The minimum absolute atomic E-state index is 0.482. The monoisotopic (exact) mass is 290 g/mol. The Hall–Kier alpha value is -1.25. The fourth-order valence-corrected chi connectivity index (χ4v) is 3.45. The summed E-state index contributed by atoms with van der Waals surface area (Å²) in [7, 11) is 1.72. The van der Waals surface area contributed by atoms with Gasteiger partial charge in [0.1, 0.15) is 0 Å². The summed E-state index contributed by atoms with van der Waals surface area (Å²) in [6.07, 6.45) is 8.27. The number of nitrogens with zero attached hydrogens (tertiary/aromatic N) is 1. The van der Waals surface area contributed by atoms with E-state index in [1.54, 1.807) is 7.11 Å². The van der Waals surface area contributed by atoms with Crippen molar-refractivity contribution >= 4 is 5.69 Å². The molecule has 1 fully saturated rings. The van der Waals surface area contributed by atoms with Crippen molar-refractivity contribution in [3.8, 4) is 5.75 Å². The molecular formula is C18H30N2O. The third kappa shape index (κ3) is 3.69. The number of ether oxygens (including phenoxy) is 1. The van der Waals surface area contributed by atoms with Crippen LogP contribution in [-0.4, -0.2) is 18.1 Å². The lowest BCUT2D eigenvalue weighted by atomic mass is 9.69. The number of nitrogens with one attached hydrogen (secondary N) is 1. The molecule has 0 amide bonds. The highest BCUT2D eigenvalue weighted by atomic mass is 16.5. The maximum atomic E-state index is 5.49. The summed E-state index contributed by atoms with van der Waals surface area (Å²) in [6.45, 7) is 9.14. The Morgan fingerprint density at radius 2 is 1.95 bits per heavy atom. The molecule has 21 heavy (non-hydrogen) atoms. The van der Waals surface area contributed by atoms with Crippen molar-refractivity contribution in [1.29, 1.82) is 0 Å². The summed E-state index contributed by atoms with van der Waals surface area (Å²) in [4.78, 5) is 4.29. The van der Waals surface area contributed by atoms with Gasteiger partial charge in [-0.1, -0.05) is 27.2 Å². The van der Waals surface area contributed by atoms with E-state index in [2.05, 4.69) is 31.1 Å². The lowest BCUT2D eigenvalue weighted by molar-refractivity contribution is 0.147. The summed E-state index contributed by atoms with van der Waals surface area (Å²) in [5, 5.41) is 3.67. The van der Waals surface area contributed by atoms with Gasteiger partial charge < -0.3 is 10.1 Å². The minimum atomic E-state index is 0.482. The lowest BCUT2D eigenvalue weighted by Gasteiger charge is -2.39. The van der Waals surface area contributed by atoms with Gasteiger partial charge in [-0.05, 0) is 50.0 Å². The number of anilines is 1. The van der Waals surface area contributed by atoms with Crippen molar-refractivity contribution in [2.24, 2.45) is 11.3 Å². The smallest absolute Gasteiger partial charge is 0.163 e. The van der Waals surface area contributed by atoms with Crippen molar-refractivity contribution in [3.63, 3.8) is 0 Å². The van der Waals surface area contributed by atoms with Crippen molar-refractivity contribution in [1.82, 2.24) is 4.98 Å². The molecule has 3 nitrogen and oxygen atoms in total. The topological polar surface area (TPSA) is 34.2 Å². The summed E-state index contributed by atoms with van der Waals surface area (Å²) < 4.78 is 5.49. The molecule has 1 heterocycles. The zero-order valence-corrected chi connectivity index (χ0v) is 14.2. The highest BCUT2D eigenvalue weighted by molar-refractivity contribution is 5.58. The van der Waals surface area contributed by atoms with Crippen LogP contribution in [0.25, 0.3) is 0 Å². The molecule has 1 aromatic rings. The Labute approximate surface area is 129 Å². The number of pyridine rings is 1. The number of aromatic nitrogens is 1. The van der Waals surface area contributed by atoms with Gasteiger partial charge in [0.05, 0.1) is 18.5 Å². The molecular weight excluding hydrogens is 260 g/mol. The minimum Gasteiger partial charge on any atom is -0.493 e. The first kappa shape index (κ1) is 16.1. The van der Waals surface area contributed by atoms with Crippen LogP contribution in [0.15, 0.2) is 12.3 Å². The highest BCUT2D eigenvalue weighted by Crippen LogP contribution is 2.41. The quantitative estimate of drug-likeness (QED) is 0.845. The van der Waals surface area contributed by atoms with Gasteiger partial charge in [-0.25, -0.2) is 0 Å². The largest absolute Gasteiger partial charge is 0.493 e. The number of rotatable bonds is 5. The van der Waals surface area contributed by atoms with Gasteiger partial charge in [0, 0.05) is 12.2 Å². The second-order valence-corrected chi connectivity index (χ2v) is 7.01. The fourth-order valence-electron chi connectivity index (χ4n) is 3.45. The van der Waals surface area contributed by atoms with E-state index in [-0.39, 0.29) is 0 Å². The molecule has 118 valence electrons. The molecule has 1 aromatic heterocycles. The molecule has 1 aliphatic carbocycles. The van der Waals surface area contributed by atoms with E-state index in [1.165, 1.54) is 32.1 Å². The third-order valence-electron chi connectivity index (χ3n) is 5.39. The van der Waals surface area contributed by atoms with Gasteiger partial charge in [-0.3, -0.25) is 4.98 Å². The predicted octanol–water partition coefficient (Wildman–Crippen LogP) is 4.81. The van der Waals surface area contributed by atoms with E-state index < -0.39 is 0 Å². The number of aryl methyl sites for hydroxylation is 1. The van der Waals surface area contributed by atoms with E-state index in [9.17, 15) is 0 Å². The van der Waals surface area contributed by atoms with Gasteiger partial charge in [0.2, 0.25) is 0 Å². The first-order valence-corrected chi connectivity index (χ1v) is 8.24. The molecule has 0 aromatic carbocycles. The maximum absolute atomic E-state index is 5.49. The van der Waals surface area contributed by atoms with Gasteiger partial charge in [0.15, 0.2) is 5.75 Å². The molecule has 0 aliphatic heterocycles. The van der Waals surface area contributed by atoms with Crippen LogP contribution < -0.4 is 10.1 Å². The Morgan fingerprint density at radius 3 is 2.52 bits per heavy atom. The van der Waals surface area contributed by atoms with Crippen LogP contribution in [0.5, 0.6) is 5.75 Å². The van der Waals surface area contributed by atoms with Crippen molar-refractivity contribution in [2.75, 3.05) is 12.4 Å². The van der Waals surface area contributed by atoms with Gasteiger partial charge >= 0.3 is 0 Å². The normalized spacial score (nSPS) is 22.9. The zero-order chi connectivity index (χ0) is 15.5. The van der Waals surface area contributed by atoms with E-state index in [1.807, 2.05) is 19.2 Å². The summed E-state index contributed by atoms with van der Waals surface area (Å²) >= 11 is 0. The van der Waals surface area contributed by atoms with Crippen LogP contribution in [0, 0.1) is 18.3 Å². The Morgan fingerprint density at radius 1 is 1.29 bits per heavy atom. The van der Waals surface area contributed by atoms with Gasteiger partial charge in [-0.2, -0.15) is 0 Å². The summed E-state index contributed by atoms with van der Waals surface area (Å²) in [5.74, 6) is 1.75. The molecule has 0 atom stereocenters. The average molecular weight is 290 g/mol. The first-order valence-electron chi connectivity index (χ1n) is 8.24. The SMILES string of the molecule is CCC(C)(C)C1CCC(Nc2ccnc(C)c2OC)CC1. The van der Waals surface area contributed by atoms with Crippen LogP contribution in [0.3, 0.4) is 0 Å². The Bertz CT molecular complexity index is 462. The Balaban J connectivity index is 1.97. The van der Waals surface area contributed by atoms with Crippen LogP contribution in [0.1, 0.15) is 58.6 Å². The van der Waals surface area contributed by atoms with Gasteiger partial charge in [0.25, 0.3) is 0 Å². The van der Waals surface area contributed by atoms with E-state index in [0.717, 1.165) is 23.0 Å². The first-order chi connectivity index (χ1) is 9.97. The van der Waals surface area contributed by atoms with E-state index in [4.69, 9.17) is 4.74 Å². The molecule has 0 saturated heterocycles. The molecule has 3 heteroatoms. The second-order valence-electron chi connectivity index (χ2n) is 7.01. The number of hydrogen-bond acceptors (Lipinski definition) is 3. The molecule has 1 N–H and O–H groups in total. The van der Waals surface area contributed by atoms with Crippen molar-refractivity contribution in [3.05, 3.63) is 18.0 Å². The van der Waals surface area contributed by atoms with E-state index in [0.29, 0.717) is 11.5 Å². The Kier molecular flexibility index (Phi) is 5.13. The maximum Gasteiger partial charge on any atom is 0.163 e. The lowest BCUT2D eigenvalue weighted by Crippen LogP contribution is -2.32. The molecule has 0 unspecified atom stereocenters. The second kappa shape index (κ2) is 6.67. The molecule has 0 bridgehead atoms. The van der Waals surface area contributed by atoms with Crippen molar-refractivity contribution in [2.45, 2.75) is 65.8 Å². The van der Waals surface area contributed by atoms with Gasteiger partial charge in [-0.15, -0.1) is 0 Å². The summed E-state index contributed by atoms with van der Waals surface area (Å²) in [6, 6.07) is 2.58.